The van der Waals surface area contributed by atoms with Crippen LogP contribution in [0.1, 0.15) is 52.1 Å². The van der Waals surface area contributed by atoms with Gasteiger partial charge in [0.2, 0.25) is 5.91 Å². The van der Waals surface area contributed by atoms with Crippen LogP contribution in [0.4, 0.5) is 0 Å². The first-order valence-electron chi connectivity index (χ1n) is 7.72. The van der Waals surface area contributed by atoms with E-state index in [0.29, 0.717) is 11.1 Å². The molecule has 0 aliphatic rings. The summed E-state index contributed by atoms with van der Waals surface area (Å²) in [5.74, 6) is -1.41. The molecular formula is C17H20N4O4. The van der Waals surface area contributed by atoms with E-state index in [-0.39, 0.29) is 35.8 Å². The number of aromatic hydroxyl groups is 1. The van der Waals surface area contributed by atoms with Crippen LogP contribution in [0.15, 0.2) is 30.6 Å². The second kappa shape index (κ2) is 7.61. The highest BCUT2D eigenvalue weighted by molar-refractivity contribution is 5.97. The number of aromatic nitrogens is 2. The van der Waals surface area contributed by atoms with Crippen molar-refractivity contribution in [1.29, 1.82) is 0 Å². The highest BCUT2D eigenvalue weighted by Crippen LogP contribution is 2.22. The van der Waals surface area contributed by atoms with Gasteiger partial charge in [-0.3, -0.25) is 19.1 Å². The SMILES string of the molecule is CC(NC(=O)CCC(=O)c1cnn(C)c1)c1ccc(O)c(C(N)=O)c1. The lowest BCUT2D eigenvalue weighted by atomic mass is 10.0. The van der Waals surface area contributed by atoms with Gasteiger partial charge in [0.15, 0.2) is 5.78 Å². The Morgan fingerprint density at radius 2 is 2.04 bits per heavy atom. The minimum atomic E-state index is -0.750. The van der Waals surface area contributed by atoms with Crippen molar-refractivity contribution in [3.63, 3.8) is 0 Å². The summed E-state index contributed by atoms with van der Waals surface area (Å²) in [5, 5.41) is 16.3. The van der Waals surface area contributed by atoms with E-state index in [2.05, 4.69) is 10.4 Å². The zero-order valence-corrected chi connectivity index (χ0v) is 14.0. The van der Waals surface area contributed by atoms with E-state index in [9.17, 15) is 19.5 Å². The minimum absolute atomic E-state index is 0.00893. The summed E-state index contributed by atoms with van der Waals surface area (Å²) in [6.07, 6.45) is 3.18. The number of primary amides is 1. The lowest BCUT2D eigenvalue weighted by Crippen LogP contribution is -2.27. The van der Waals surface area contributed by atoms with E-state index in [4.69, 9.17) is 5.73 Å². The molecule has 0 radical (unpaired) electrons. The van der Waals surface area contributed by atoms with Gasteiger partial charge in [0.05, 0.1) is 23.4 Å². The lowest BCUT2D eigenvalue weighted by Gasteiger charge is -2.15. The highest BCUT2D eigenvalue weighted by Gasteiger charge is 2.15. The Labute approximate surface area is 144 Å². The number of aryl methyl sites for hydroxylation is 1. The van der Waals surface area contributed by atoms with Gasteiger partial charge in [-0.15, -0.1) is 0 Å². The summed E-state index contributed by atoms with van der Waals surface area (Å²) in [6.45, 7) is 1.73. The molecule has 8 heteroatoms. The van der Waals surface area contributed by atoms with E-state index < -0.39 is 11.9 Å². The average Bonchev–Trinajstić information content (AvgIpc) is 2.99. The zero-order valence-electron chi connectivity index (χ0n) is 14.0. The molecule has 0 fully saturated rings. The molecule has 0 spiro atoms. The van der Waals surface area contributed by atoms with Gasteiger partial charge < -0.3 is 16.2 Å². The van der Waals surface area contributed by atoms with Gasteiger partial charge >= 0.3 is 0 Å². The van der Waals surface area contributed by atoms with Crippen molar-refractivity contribution in [3.8, 4) is 5.75 Å². The number of nitrogens with one attached hydrogen (secondary N) is 1. The number of benzene rings is 1. The number of rotatable bonds is 7. The molecule has 0 bridgehead atoms. The van der Waals surface area contributed by atoms with Gasteiger partial charge in [0, 0.05) is 26.1 Å². The van der Waals surface area contributed by atoms with Crippen LogP contribution in [0.5, 0.6) is 5.75 Å². The third kappa shape index (κ3) is 4.66. The Kier molecular flexibility index (Phi) is 5.53. The molecule has 0 aliphatic heterocycles. The van der Waals surface area contributed by atoms with Crippen molar-refractivity contribution in [2.45, 2.75) is 25.8 Å². The van der Waals surface area contributed by atoms with E-state index in [0.717, 1.165) is 0 Å². The summed E-state index contributed by atoms with van der Waals surface area (Å²) < 4.78 is 1.52. The first-order valence-corrected chi connectivity index (χ1v) is 7.72. The standard InChI is InChI=1S/C17H20N4O4/c1-10(11-3-4-15(23)13(7-11)17(18)25)20-16(24)6-5-14(22)12-8-19-21(2)9-12/h3-4,7-10,23H,5-6H2,1-2H3,(H2,18,25)(H,20,24). The summed E-state index contributed by atoms with van der Waals surface area (Å²) >= 11 is 0. The first kappa shape index (κ1) is 18.2. The molecule has 1 atom stereocenters. The van der Waals surface area contributed by atoms with Crippen LogP contribution >= 0.6 is 0 Å². The smallest absolute Gasteiger partial charge is 0.252 e. The second-order valence-electron chi connectivity index (χ2n) is 5.76. The molecule has 132 valence electrons. The second-order valence-corrected chi connectivity index (χ2v) is 5.76. The van der Waals surface area contributed by atoms with Gasteiger partial charge in [-0.1, -0.05) is 6.07 Å². The molecular weight excluding hydrogens is 324 g/mol. The summed E-state index contributed by atoms with van der Waals surface area (Å²) in [7, 11) is 1.71. The van der Waals surface area contributed by atoms with E-state index >= 15 is 0 Å². The van der Waals surface area contributed by atoms with Crippen molar-refractivity contribution in [1.82, 2.24) is 15.1 Å². The van der Waals surface area contributed by atoms with Gasteiger partial charge in [0.25, 0.3) is 5.91 Å². The molecule has 1 heterocycles. The molecule has 2 amide bonds. The molecule has 8 nitrogen and oxygen atoms in total. The van der Waals surface area contributed by atoms with Crippen LogP contribution in [-0.2, 0) is 11.8 Å². The third-order valence-electron chi connectivity index (χ3n) is 3.77. The van der Waals surface area contributed by atoms with Crippen LogP contribution in [0.25, 0.3) is 0 Å². The molecule has 4 N–H and O–H groups in total. The number of amides is 2. The Bertz CT molecular complexity index is 813. The summed E-state index contributed by atoms with van der Waals surface area (Å²) in [6, 6.07) is 3.97. The van der Waals surface area contributed by atoms with E-state index in [1.54, 1.807) is 26.2 Å². The fourth-order valence-electron chi connectivity index (χ4n) is 2.35. The normalized spacial score (nSPS) is 11.8. The Hall–Kier alpha value is -3.16. The fraction of sp³-hybridized carbons (Fsp3) is 0.294. The molecule has 2 aromatic rings. The van der Waals surface area contributed by atoms with Gasteiger partial charge in [-0.25, -0.2) is 0 Å². The first-order chi connectivity index (χ1) is 11.8. The van der Waals surface area contributed by atoms with Crippen LogP contribution in [0, 0.1) is 0 Å². The molecule has 0 aliphatic carbocycles. The lowest BCUT2D eigenvalue weighted by molar-refractivity contribution is -0.121. The van der Waals surface area contributed by atoms with Crippen molar-refractivity contribution in [2.75, 3.05) is 0 Å². The van der Waals surface area contributed by atoms with Crippen LogP contribution in [0.3, 0.4) is 0 Å². The van der Waals surface area contributed by atoms with Crippen LogP contribution < -0.4 is 11.1 Å². The van der Waals surface area contributed by atoms with Crippen molar-refractivity contribution in [3.05, 3.63) is 47.3 Å². The molecule has 1 unspecified atom stereocenters. The van der Waals surface area contributed by atoms with E-state index in [1.165, 1.54) is 23.0 Å². The number of carbonyl (C=O) groups excluding carboxylic acids is 3. The Balaban J connectivity index is 1.93. The highest BCUT2D eigenvalue weighted by atomic mass is 16.3. The molecule has 1 aromatic heterocycles. The summed E-state index contributed by atoms with van der Waals surface area (Å²) in [4.78, 5) is 35.3. The minimum Gasteiger partial charge on any atom is -0.507 e. The molecule has 25 heavy (non-hydrogen) atoms. The largest absolute Gasteiger partial charge is 0.507 e. The third-order valence-corrected chi connectivity index (χ3v) is 3.77. The number of carbonyl (C=O) groups is 3. The predicted molar refractivity (Wildman–Crippen MR) is 90.0 cm³/mol. The number of Topliss-reactive ketones (excluding diaryl/α,β-unsaturated/α-hetero) is 1. The topological polar surface area (TPSA) is 127 Å². The maximum Gasteiger partial charge on any atom is 0.252 e. The maximum absolute atomic E-state index is 12.0. The number of nitrogens with zero attached hydrogens (tertiary/aromatic N) is 2. The van der Waals surface area contributed by atoms with Gasteiger partial charge in [-0.05, 0) is 24.6 Å². The van der Waals surface area contributed by atoms with Crippen LogP contribution in [-0.4, -0.2) is 32.5 Å². The number of ketones is 1. The van der Waals surface area contributed by atoms with Gasteiger partial charge in [0.1, 0.15) is 5.75 Å². The maximum atomic E-state index is 12.0. The zero-order chi connectivity index (χ0) is 18.6. The van der Waals surface area contributed by atoms with Crippen LogP contribution in [0.2, 0.25) is 0 Å². The number of hydrogen-bond acceptors (Lipinski definition) is 5. The molecule has 0 saturated heterocycles. The van der Waals surface area contributed by atoms with Crippen molar-refractivity contribution >= 4 is 17.6 Å². The molecule has 0 saturated carbocycles. The van der Waals surface area contributed by atoms with Gasteiger partial charge in [-0.2, -0.15) is 5.10 Å². The van der Waals surface area contributed by atoms with Crippen molar-refractivity contribution in [2.24, 2.45) is 12.8 Å². The monoisotopic (exact) mass is 344 g/mol. The Morgan fingerprint density at radius 3 is 2.64 bits per heavy atom. The average molecular weight is 344 g/mol. The number of phenols is 1. The van der Waals surface area contributed by atoms with E-state index in [1.807, 2.05) is 0 Å². The number of hydrogen-bond donors (Lipinski definition) is 3. The summed E-state index contributed by atoms with van der Waals surface area (Å²) in [5.41, 5.74) is 6.27. The van der Waals surface area contributed by atoms with Crippen molar-refractivity contribution < 1.29 is 19.5 Å². The Morgan fingerprint density at radius 1 is 1.32 bits per heavy atom. The number of nitrogens with two attached hydrogens (primary N) is 1. The quantitative estimate of drug-likeness (QED) is 0.647. The molecule has 1 aromatic carbocycles. The molecule has 2 rings (SSSR count). The predicted octanol–water partition coefficient (Wildman–Crippen LogP) is 1.06. The fourth-order valence-corrected chi connectivity index (χ4v) is 2.35.